The summed E-state index contributed by atoms with van der Waals surface area (Å²) in [5.41, 5.74) is 2.40. The molecule has 0 fully saturated rings. The lowest BCUT2D eigenvalue weighted by atomic mass is 9.91. The maximum Gasteiger partial charge on any atom is 0.145 e. The van der Waals surface area contributed by atoms with Crippen LogP contribution >= 0.6 is 11.6 Å². The van der Waals surface area contributed by atoms with Gasteiger partial charge in [0.2, 0.25) is 0 Å². The van der Waals surface area contributed by atoms with Gasteiger partial charge in [0.1, 0.15) is 12.1 Å². The average molecular weight is 229 g/mol. The normalized spacial score (nSPS) is 12.6. The molecule has 1 unspecified atom stereocenters. The van der Waals surface area contributed by atoms with Crippen molar-refractivity contribution in [1.29, 1.82) is 0 Å². The molecule has 0 saturated carbocycles. The van der Waals surface area contributed by atoms with E-state index in [1.54, 1.807) is 6.07 Å². The van der Waals surface area contributed by atoms with Crippen LogP contribution in [0.15, 0.2) is 6.07 Å². The van der Waals surface area contributed by atoms with E-state index in [2.05, 4.69) is 0 Å². The fourth-order valence-electron chi connectivity index (χ4n) is 1.72. The first-order valence-corrected chi connectivity index (χ1v) is 5.25. The van der Waals surface area contributed by atoms with E-state index in [-0.39, 0.29) is 10.9 Å². The molecule has 1 rings (SSSR count). The second kappa shape index (κ2) is 4.75. The lowest BCUT2D eigenvalue weighted by molar-refractivity contribution is -0.108. The largest absolute Gasteiger partial charge is 0.303 e. The van der Waals surface area contributed by atoms with Crippen LogP contribution in [0.25, 0.3) is 0 Å². The van der Waals surface area contributed by atoms with Crippen molar-refractivity contribution in [2.75, 3.05) is 0 Å². The highest BCUT2D eigenvalue weighted by atomic mass is 35.5. The molecule has 0 aliphatic heterocycles. The van der Waals surface area contributed by atoms with E-state index in [1.165, 1.54) is 0 Å². The molecule has 0 aromatic heterocycles. The summed E-state index contributed by atoms with van der Waals surface area (Å²) >= 11 is 5.77. The van der Waals surface area contributed by atoms with Gasteiger partial charge >= 0.3 is 0 Å². The van der Waals surface area contributed by atoms with Crippen LogP contribution in [0.5, 0.6) is 0 Å². The number of carbonyl (C=O) groups is 1. The third-order valence-corrected chi connectivity index (χ3v) is 3.00. The Morgan fingerprint density at radius 3 is 2.67 bits per heavy atom. The zero-order valence-corrected chi connectivity index (χ0v) is 9.86. The number of benzene rings is 1. The summed E-state index contributed by atoms with van der Waals surface area (Å²) in [7, 11) is 0. The fraction of sp³-hybridized carbons (Fsp3) is 0.417. The van der Waals surface area contributed by atoms with Crippen LogP contribution in [-0.4, -0.2) is 6.29 Å². The summed E-state index contributed by atoms with van der Waals surface area (Å²) in [6, 6.07) is 1.61. The highest BCUT2D eigenvalue weighted by molar-refractivity contribution is 6.30. The Morgan fingerprint density at radius 2 is 2.13 bits per heavy atom. The summed E-state index contributed by atoms with van der Waals surface area (Å²) in [5.74, 6) is -0.519. The van der Waals surface area contributed by atoms with Gasteiger partial charge in [-0.15, -0.1) is 0 Å². The molecule has 1 nitrogen and oxygen atoms in total. The minimum Gasteiger partial charge on any atom is -0.303 e. The molecule has 1 aromatic carbocycles. The first-order valence-electron chi connectivity index (χ1n) is 4.87. The molecule has 0 spiro atoms. The maximum absolute atomic E-state index is 13.8. The van der Waals surface area contributed by atoms with Gasteiger partial charge in [0.05, 0.1) is 5.02 Å². The van der Waals surface area contributed by atoms with Crippen molar-refractivity contribution in [2.45, 2.75) is 33.1 Å². The molecule has 0 N–H and O–H groups in total. The van der Waals surface area contributed by atoms with E-state index >= 15 is 0 Å². The smallest absolute Gasteiger partial charge is 0.145 e. The van der Waals surface area contributed by atoms with E-state index < -0.39 is 5.82 Å². The van der Waals surface area contributed by atoms with Crippen molar-refractivity contribution in [1.82, 2.24) is 0 Å². The van der Waals surface area contributed by atoms with Crippen molar-refractivity contribution < 1.29 is 9.18 Å². The third kappa shape index (κ3) is 2.37. The summed E-state index contributed by atoms with van der Waals surface area (Å²) < 4.78 is 13.8. The van der Waals surface area contributed by atoms with Crippen LogP contribution in [-0.2, 0) is 4.79 Å². The molecule has 1 aromatic rings. The minimum absolute atomic E-state index is 0.125. The van der Waals surface area contributed by atoms with Crippen LogP contribution in [0.4, 0.5) is 4.39 Å². The van der Waals surface area contributed by atoms with Crippen LogP contribution < -0.4 is 0 Å². The SMILES string of the molecule is Cc1cc(Cl)c(F)c(C(C)CC=O)c1C. The second-order valence-corrected chi connectivity index (χ2v) is 4.24. The highest BCUT2D eigenvalue weighted by Crippen LogP contribution is 2.31. The van der Waals surface area contributed by atoms with Crippen LogP contribution in [0.1, 0.15) is 36.0 Å². The molecule has 15 heavy (non-hydrogen) atoms. The Hall–Kier alpha value is -0.890. The summed E-state index contributed by atoms with van der Waals surface area (Å²) in [5, 5.41) is 0.130. The molecule has 0 aliphatic rings. The number of hydrogen-bond acceptors (Lipinski definition) is 1. The van der Waals surface area contributed by atoms with Gasteiger partial charge in [0.25, 0.3) is 0 Å². The van der Waals surface area contributed by atoms with Crippen molar-refractivity contribution in [2.24, 2.45) is 0 Å². The van der Waals surface area contributed by atoms with Crippen molar-refractivity contribution >= 4 is 17.9 Å². The van der Waals surface area contributed by atoms with Gasteiger partial charge in [-0.1, -0.05) is 18.5 Å². The van der Waals surface area contributed by atoms with Crippen molar-refractivity contribution in [3.05, 3.63) is 33.6 Å². The zero-order valence-electron chi connectivity index (χ0n) is 9.10. The van der Waals surface area contributed by atoms with E-state index in [4.69, 9.17) is 11.6 Å². The van der Waals surface area contributed by atoms with Gasteiger partial charge < -0.3 is 4.79 Å². The molecule has 3 heteroatoms. The molecule has 0 heterocycles. The first-order chi connectivity index (χ1) is 6.99. The Balaban J connectivity index is 3.31. The van der Waals surface area contributed by atoms with Crippen molar-refractivity contribution in [3.8, 4) is 0 Å². The predicted molar refractivity (Wildman–Crippen MR) is 60.0 cm³/mol. The number of aryl methyl sites for hydroxylation is 1. The maximum atomic E-state index is 13.8. The quantitative estimate of drug-likeness (QED) is 0.720. The number of carbonyl (C=O) groups excluding carboxylic acids is 1. The number of rotatable bonds is 3. The third-order valence-electron chi connectivity index (χ3n) is 2.73. The standard InChI is InChI=1S/C12H14ClFO/c1-7(4-5-15)11-9(3)8(2)6-10(13)12(11)14/h5-7H,4H2,1-3H3. The Kier molecular flexibility index (Phi) is 3.86. The minimum atomic E-state index is -0.394. The molecule has 1 atom stereocenters. The predicted octanol–water partition coefficient (Wildman–Crippen LogP) is 3.79. The van der Waals surface area contributed by atoms with Crippen LogP contribution in [0.2, 0.25) is 5.02 Å². The Bertz CT molecular complexity index is 361. The van der Waals surface area contributed by atoms with E-state index in [9.17, 15) is 9.18 Å². The van der Waals surface area contributed by atoms with Gasteiger partial charge in [-0.05, 0) is 42.5 Å². The summed E-state index contributed by atoms with van der Waals surface area (Å²) in [6.07, 6.45) is 1.12. The molecule has 0 aliphatic carbocycles. The molecule has 0 bridgehead atoms. The van der Waals surface area contributed by atoms with Crippen molar-refractivity contribution in [3.63, 3.8) is 0 Å². The monoisotopic (exact) mass is 228 g/mol. The van der Waals surface area contributed by atoms with Crippen LogP contribution in [0, 0.1) is 19.7 Å². The molecule has 0 radical (unpaired) electrons. The summed E-state index contributed by atoms with van der Waals surface area (Å²) in [4.78, 5) is 10.4. The van der Waals surface area contributed by atoms with Gasteiger partial charge in [-0.3, -0.25) is 0 Å². The number of halogens is 2. The molecular formula is C12H14ClFO. The fourth-order valence-corrected chi connectivity index (χ4v) is 1.98. The molecular weight excluding hydrogens is 215 g/mol. The van der Waals surface area contributed by atoms with E-state index in [0.29, 0.717) is 12.0 Å². The lowest BCUT2D eigenvalue weighted by Crippen LogP contribution is -2.03. The van der Waals surface area contributed by atoms with Gasteiger partial charge in [0, 0.05) is 6.42 Å². The Morgan fingerprint density at radius 1 is 1.53 bits per heavy atom. The number of aldehydes is 1. The molecule has 0 amide bonds. The second-order valence-electron chi connectivity index (χ2n) is 3.83. The molecule has 0 saturated heterocycles. The zero-order chi connectivity index (χ0) is 11.6. The number of hydrogen-bond donors (Lipinski definition) is 0. The first kappa shape index (κ1) is 12.2. The lowest BCUT2D eigenvalue weighted by Gasteiger charge is -2.16. The van der Waals surface area contributed by atoms with Crippen LogP contribution in [0.3, 0.4) is 0 Å². The van der Waals surface area contributed by atoms with Gasteiger partial charge in [-0.25, -0.2) is 4.39 Å². The van der Waals surface area contributed by atoms with E-state index in [0.717, 1.165) is 17.4 Å². The highest BCUT2D eigenvalue weighted by Gasteiger charge is 2.17. The Labute approximate surface area is 94.3 Å². The topological polar surface area (TPSA) is 17.1 Å². The van der Waals surface area contributed by atoms with E-state index in [1.807, 2.05) is 20.8 Å². The van der Waals surface area contributed by atoms with Gasteiger partial charge in [-0.2, -0.15) is 0 Å². The molecule has 82 valence electrons. The average Bonchev–Trinajstić information content (AvgIpc) is 2.16. The van der Waals surface area contributed by atoms with Gasteiger partial charge in [0.15, 0.2) is 0 Å². The summed E-state index contributed by atoms with van der Waals surface area (Å²) in [6.45, 7) is 5.57.